The van der Waals surface area contributed by atoms with E-state index in [4.69, 9.17) is 0 Å². The minimum atomic E-state index is -0.253. The van der Waals surface area contributed by atoms with Crippen molar-refractivity contribution in [2.24, 2.45) is 0 Å². The van der Waals surface area contributed by atoms with Gasteiger partial charge in [-0.1, -0.05) is 20.8 Å². The lowest BCUT2D eigenvalue weighted by atomic mass is 10.2. The van der Waals surface area contributed by atoms with Gasteiger partial charge >= 0.3 is 0 Å². The van der Waals surface area contributed by atoms with Crippen molar-refractivity contribution in [3.63, 3.8) is 0 Å². The zero-order chi connectivity index (χ0) is 13.0. The van der Waals surface area contributed by atoms with Crippen LogP contribution in [-0.2, 0) is 5.79 Å². The Bertz CT molecular complexity index is 407. The molecule has 0 aromatic carbocycles. The fourth-order valence-electron chi connectivity index (χ4n) is 2.72. The summed E-state index contributed by atoms with van der Waals surface area (Å²) in [6, 6.07) is 0. The lowest BCUT2D eigenvalue weighted by molar-refractivity contribution is -0.00867. The number of imidazole rings is 2. The van der Waals surface area contributed by atoms with Crippen LogP contribution in [0.25, 0.3) is 0 Å². The Kier molecular flexibility index (Phi) is 3.81. The van der Waals surface area contributed by atoms with Crippen LogP contribution < -0.4 is 0 Å². The van der Waals surface area contributed by atoms with Gasteiger partial charge in [0.2, 0.25) is 0 Å². The quantitative estimate of drug-likeness (QED) is 0.783. The fourth-order valence-corrected chi connectivity index (χ4v) is 2.72. The van der Waals surface area contributed by atoms with Gasteiger partial charge in [-0.15, -0.1) is 0 Å². The van der Waals surface area contributed by atoms with Crippen molar-refractivity contribution in [2.75, 3.05) is 13.1 Å². The van der Waals surface area contributed by atoms with E-state index >= 15 is 0 Å². The molecule has 5 heteroatoms. The smallest absolute Gasteiger partial charge is 0.180 e. The molecule has 98 valence electrons. The molecule has 0 aliphatic heterocycles. The van der Waals surface area contributed by atoms with Crippen molar-refractivity contribution in [3.8, 4) is 0 Å². The molecule has 18 heavy (non-hydrogen) atoms. The van der Waals surface area contributed by atoms with Crippen LogP contribution in [0.5, 0.6) is 0 Å². The summed E-state index contributed by atoms with van der Waals surface area (Å²) in [4.78, 5) is 10.8. The summed E-state index contributed by atoms with van der Waals surface area (Å²) in [7, 11) is 0. The van der Waals surface area contributed by atoms with E-state index in [9.17, 15) is 0 Å². The van der Waals surface area contributed by atoms with E-state index in [1.807, 2.05) is 37.4 Å². The first-order valence-corrected chi connectivity index (χ1v) is 6.51. The van der Waals surface area contributed by atoms with Crippen molar-refractivity contribution in [2.45, 2.75) is 33.0 Å². The normalized spacial score (nSPS) is 12.2. The Morgan fingerprint density at radius 3 is 1.72 bits per heavy atom. The highest BCUT2D eigenvalue weighted by atomic mass is 15.5. The summed E-state index contributed by atoms with van der Waals surface area (Å²) in [6.45, 7) is 8.50. The highest BCUT2D eigenvalue weighted by Gasteiger charge is 2.36. The first-order chi connectivity index (χ1) is 8.79. The van der Waals surface area contributed by atoms with Crippen LogP contribution in [0, 0.1) is 0 Å². The average Bonchev–Trinajstić information content (AvgIpc) is 3.08. The first-order valence-electron chi connectivity index (χ1n) is 6.51. The van der Waals surface area contributed by atoms with E-state index in [1.54, 1.807) is 0 Å². The molecule has 0 aliphatic carbocycles. The van der Waals surface area contributed by atoms with Crippen LogP contribution in [0.15, 0.2) is 37.4 Å². The van der Waals surface area contributed by atoms with Gasteiger partial charge in [-0.3, -0.25) is 4.90 Å². The van der Waals surface area contributed by atoms with Crippen molar-refractivity contribution in [1.82, 2.24) is 24.0 Å². The van der Waals surface area contributed by atoms with Crippen LogP contribution in [0.1, 0.15) is 27.2 Å². The third-order valence-corrected chi connectivity index (χ3v) is 3.58. The molecule has 0 atom stereocenters. The monoisotopic (exact) mass is 247 g/mol. The zero-order valence-corrected chi connectivity index (χ0v) is 11.3. The van der Waals surface area contributed by atoms with E-state index in [0.29, 0.717) is 0 Å². The molecule has 2 aromatic rings. The minimum absolute atomic E-state index is 0.253. The predicted octanol–water partition coefficient (Wildman–Crippen LogP) is 1.99. The third-order valence-electron chi connectivity index (χ3n) is 3.58. The van der Waals surface area contributed by atoms with Gasteiger partial charge in [-0.05, 0) is 13.1 Å². The van der Waals surface area contributed by atoms with Crippen molar-refractivity contribution < 1.29 is 0 Å². The van der Waals surface area contributed by atoms with Crippen LogP contribution in [0.2, 0.25) is 0 Å². The molecule has 2 heterocycles. The van der Waals surface area contributed by atoms with Gasteiger partial charge in [0.15, 0.2) is 5.79 Å². The topological polar surface area (TPSA) is 38.9 Å². The van der Waals surface area contributed by atoms with Crippen molar-refractivity contribution in [1.29, 1.82) is 0 Å². The van der Waals surface area contributed by atoms with Gasteiger partial charge in [-0.2, -0.15) is 0 Å². The third kappa shape index (κ3) is 1.84. The molecule has 0 saturated carbocycles. The van der Waals surface area contributed by atoms with Gasteiger partial charge in [0.25, 0.3) is 0 Å². The Morgan fingerprint density at radius 1 is 0.944 bits per heavy atom. The lowest BCUT2D eigenvalue weighted by Gasteiger charge is -2.44. The second kappa shape index (κ2) is 5.35. The van der Waals surface area contributed by atoms with Crippen molar-refractivity contribution >= 4 is 0 Å². The van der Waals surface area contributed by atoms with Crippen LogP contribution in [0.4, 0.5) is 0 Å². The summed E-state index contributed by atoms with van der Waals surface area (Å²) in [5.41, 5.74) is 0. The van der Waals surface area contributed by atoms with E-state index in [1.165, 1.54) is 0 Å². The summed E-state index contributed by atoms with van der Waals surface area (Å²) in [5, 5.41) is 0. The molecule has 0 spiro atoms. The van der Waals surface area contributed by atoms with E-state index in [-0.39, 0.29) is 5.79 Å². The molecule has 0 N–H and O–H groups in total. The maximum absolute atomic E-state index is 4.20. The number of hydrogen-bond donors (Lipinski definition) is 0. The molecule has 0 aliphatic rings. The van der Waals surface area contributed by atoms with Crippen LogP contribution >= 0.6 is 0 Å². The Labute approximate surface area is 108 Å². The molecular formula is C13H21N5. The molecule has 2 aromatic heterocycles. The van der Waals surface area contributed by atoms with Gasteiger partial charge < -0.3 is 9.13 Å². The van der Waals surface area contributed by atoms with E-state index in [0.717, 1.165) is 19.5 Å². The van der Waals surface area contributed by atoms with Gasteiger partial charge in [0.1, 0.15) is 0 Å². The molecule has 0 radical (unpaired) electrons. The van der Waals surface area contributed by atoms with Crippen LogP contribution in [0.3, 0.4) is 0 Å². The minimum Gasteiger partial charge on any atom is -0.300 e. The predicted molar refractivity (Wildman–Crippen MR) is 71.0 cm³/mol. The molecular weight excluding hydrogens is 226 g/mol. The second-order valence-electron chi connectivity index (χ2n) is 4.24. The average molecular weight is 247 g/mol. The number of nitrogens with zero attached hydrogens (tertiary/aromatic N) is 5. The molecule has 0 unspecified atom stereocenters. The van der Waals surface area contributed by atoms with Crippen molar-refractivity contribution in [3.05, 3.63) is 37.4 Å². The molecule has 0 saturated heterocycles. The molecule has 0 bridgehead atoms. The Morgan fingerprint density at radius 2 is 1.44 bits per heavy atom. The number of hydrogen-bond acceptors (Lipinski definition) is 3. The zero-order valence-electron chi connectivity index (χ0n) is 11.3. The van der Waals surface area contributed by atoms with Gasteiger partial charge in [0.05, 0.1) is 12.7 Å². The molecule has 2 rings (SSSR count). The largest absolute Gasteiger partial charge is 0.300 e. The summed E-state index contributed by atoms with van der Waals surface area (Å²) in [5.74, 6) is -0.253. The second-order valence-corrected chi connectivity index (χ2v) is 4.24. The maximum atomic E-state index is 4.20. The summed E-state index contributed by atoms with van der Waals surface area (Å²) in [6.07, 6.45) is 12.4. The lowest BCUT2D eigenvalue weighted by Crippen LogP contribution is -2.54. The highest BCUT2D eigenvalue weighted by Crippen LogP contribution is 2.27. The Hall–Kier alpha value is -1.62. The van der Waals surface area contributed by atoms with E-state index < -0.39 is 0 Å². The van der Waals surface area contributed by atoms with Gasteiger partial charge in [-0.25, -0.2) is 9.97 Å². The van der Waals surface area contributed by atoms with Crippen LogP contribution in [-0.4, -0.2) is 37.1 Å². The molecule has 5 nitrogen and oxygen atoms in total. The first kappa shape index (κ1) is 12.8. The summed E-state index contributed by atoms with van der Waals surface area (Å²) < 4.78 is 4.31. The number of aromatic nitrogens is 4. The molecule has 0 fully saturated rings. The molecule has 0 amide bonds. The highest BCUT2D eigenvalue weighted by molar-refractivity contribution is 4.95. The SMILES string of the molecule is CCN(CC)C(CC)(n1ccnc1)n1ccnc1. The van der Waals surface area contributed by atoms with Gasteiger partial charge in [0, 0.05) is 31.2 Å². The Balaban J connectivity index is 2.57. The maximum Gasteiger partial charge on any atom is 0.180 e. The number of rotatable bonds is 6. The van der Waals surface area contributed by atoms with E-state index in [2.05, 4.69) is 44.8 Å². The standard InChI is InChI=1S/C13H21N5/c1-4-13(16(5-2)6-3,17-9-7-14-11-17)18-10-8-15-12-18/h7-12H,4-6H2,1-3H3. The summed E-state index contributed by atoms with van der Waals surface area (Å²) >= 11 is 0. The fraction of sp³-hybridized carbons (Fsp3) is 0.538.